The number of carbonyl (C=O) groups is 1. The smallest absolute Gasteiger partial charge is 0.224 e. The van der Waals surface area contributed by atoms with Gasteiger partial charge in [0.2, 0.25) is 11.8 Å². The molecular weight excluding hydrogens is 304 g/mol. The molecule has 0 saturated carbocycles. The topological polar surface area (TPSA) is 62.5 Å². The van der Waals surface area contributed by atoms with Gasteiger partial charge < -0.3 is 9.42 Å². The summed E-state index contributed by atoms with van der Waals surface area (Å²) in [6.45, 7) is 6.79. The predicted molar refractivity (Wildman–Crippen MR) is 90.0 cm³/mol. The lowest BCUT2D eigenvalue weighted by molar-refractivity contribution is -0.133. The maximum Gasteiger partial charge on any atom is 0.224 e. The van der Waals surface area contributed by atoms with Crippen molar-refractivity contribution in [3.05, 3.63) is 47.6 Å². The van der Waals surface area contributed by atoms with Crippen LogP contribution in [0.25, 0.3) is 0 Å². The third-order valence-electron chi connectivity index (χ3n) is 4.47. The van der Waals surface area contributed by atoms with Crippen LogP contribution in [0, 0.1) is 6.92 Å². The average molecular weight is 328 g/mol. The van der Waals surface area contributed by atoms with Crippen LogP contribution in [0.15, 0.2) is 34.9 Å². The summed E-state index contributed by atoms with van der Waals surface area (Å²) in [5, 5.41) is 3.97. The Morgan fingerprint density at radius 3 is 2.71 bits per heavy atom. The first-order valence-electron chi connectivity index (χ1n) is 8.50. The van der Waals surface area contributed by atoms with Crippen LogP contribution in [0.5, 0.6) is 0 Å². The Labute approximate surface area is 142 Å². The van der Waals surface area contributed by atoms with Crippen molar-refractivity contribution < 1.29 is 9.32 Å². The molecule has 24 heavy (non-hydrogen) atoms. The van der Waals surface area contributed by atoms with Crippen LogP contribution >= 0.6 is 0 Å². The number of carbonyl (C=O) groups excluding carboxylic acids is 1. The van der Waals surface area contributed by atoms with Crippen molar-refractivity contribution in [2.75, 3.05) is 13.1 Å². The van der Waals surface area contributed by atoms with Crippen LogP contribution in [-0.4, -0.2) is 45.0 Å². The number of rotatable bonds is 5. The fourth-order valence-electron chi connectivity index (χ4n) is 3.18. The van der Waals surface area contributed by atoms with E-state index >= 15 is 0 Å². The first-order chi connectivity index (χ1) is 11.7. The van der Waals surface area contributed by atoms with E-state index in [2.05, 4.69) is 34.1 Å². The number of aryl methyl sites for hydroxylation is 1. The summed E-state index contributed by atoms with van der Waals surface area (Å²) in [6.07, 6.45) is 1.46. The zero-order valence-electron chi connectivity index (χ0n) is 14.3. The molecule has 0 N–H and O–H groups in total. The van der Waals surface area contributed by atoms with Crippen LogP contribution < -0.4 is 0 Å². The van der Waals surface area contributed by atoms with E-state index in [1.54, 1.807) is 6.92 Å². The fourth-order valence-corrected chi connectivity index (χ4v) is 3.18. The van der Waals surface area contributed by atoms with E-state index < -0.39 is 0 Å². The lowest BCUT2D eigenvalue weighted by Crippen LogP contribution is -2.42. The van der Waals surface area contributed by atoms with E-state index in [-0.39, 0.29) is 11.9 Å². The van der Waals surface area contributed by atoms with Crippen molar-refractivity contribution in [2.24, 2.45) is 0 Å². The minimum Gasteiger partial charge on any atom is -0.340 e. The predicted octanol–water partition coefficient (Wildman–Crippen LogP) is 2.39. The molecule has 0 bridgehead atoms. The van der Waals surface area contributed by atoms with Crippen molar-refractivity contribution in [1.82, 2.24) is 19.9 Å². The van der Waals surface area contributed by atoms with Crippen molar-refractivity contribution in [3.8, 4) is 0 Å². The summed E-state index contributed by atoms with van der Waals surface area (Å²) in [5.74, 6) is 1.48. The SMILES string of the molecule is CC[C@@H]1CN(Cc2noc(C)n2)CCC(=O)N1Cc1ccccc1. The van der Waals surface area contributed by atoms with Gasteiger partial charge in [0.1, 0.15) is 0 Å². The van der Waals surface area contributed by atoms with Gasteiger partial charge in [0.25, 0.3) is 0 Å². The molecule has 0 aliphatic carbocycles. The number of hydrogen-bond acceptors (Lipinski definition) is 5. The van der Waals surface area contributed by atoms with Crippen LogP contribution in [0.2, 0.25) is 0 Å². The highest BCUT2D eigenvalue weighted by atomic mass is 16.5. The Morgan fingerprint density at radius 1 is 1.25 bits per heavy atom. The van der Waals surface area contributed by atoms with Gasteiger partial charge in [0, 0.05) is 39.0 Å². The number of benzene rings is 1. The minimum atomic E-state index is 0.202. The molecule has 1 atom stereocenters. The summed E-state index contributed by atoms with van der Waals surface area (Å²) in [6, 6.07) is 10.4. The minimum absolute atomic E-state index is 0.202. The summed E-state index contributed by atoms with van der Waals surface area (Å²) in [7, 11) is 0. The summed E-state index contributed by atoms with van der Waals surface area (Å²) < 4.78 is 5.05. The van der Waals surface area contributed by atoms with E-state index in [1.807, 2.05) is 23.1 Å². The molecule has 1 saturated heterocycles. The standard InChI is InChI=1S/C18H24N4O2/c1-3-16-12-21(13-17-19-14(2)24-20-17)10-9-18(23)22(16)11-15-7-5-4-6-8-15/h4-8,16H,3,9-13H2,1-2H3/t16-/m1/s1. The van der Waals surface area contributed by atoms with E-state index in [4.69, 9.17) is 4.52 Å². The maximum absolute atomic E-state index is 12.6. The fraction of sp³-hybridized carbons (Fsp3) is 0.500. The van der Waals surface area contributed by atoms with Crippen LogP contribution in [-0.2, 0) is 17.9 Å². The number of amides is 1. The van der Waals surface area contributed by atoms with Gasteiger partial charge in [-0.15, -0.1) is 0 Å². The van der Waals surface area contributed by atoms with E-state index in [0.29, 0.717) is 31.2 Å². The zero-order chi connectivity index (χ0) is 16.9. The van der Waals surface area contributed by atoms with E-state index in [9.17, 15) is 4.79 Å². The van der Waals surface area contributed by atoms with Gasteiger partial charge >= 0.3 is 0 Å². The van der Waals surface area contributed by atoms with Crippen LogP contribution in [0.1, 0.15) is 37.0 Å². The molecule has 3 rings (SSSR count). The van der Waals surface area contributed by atoms with E-state index in [0.717, 1.165) is 19.5 Å². The van der Waals surface area contributed by atoms with E-state index in [1.165, 1.54) is 5.56 Å². The Morgan fingerprint density at radius 2 is 2.04 bits per heavy atom. The molecule has 1 aliphatic heterocycles. The van der Waals surface area contributed by atoms with Gasteiger partial charge in [0.05, 0.1) is 6.54 Å². The number of nitrogens with zero attached hydrogens (tertiary/aromatic N) is 4. The first kappa shape index (κ1) is 16.6. The maximum atomic E-state index is 12.6. The van der Waals surface area contributed by atoms with Gasteiger partial charge in [-0.3, -0.25) is 9.69 Å². The number of aromatic nitrogens is 2. The highest BCUT2D eigenvalue weighted by Gasteiger charge is 2.29. The van der Waals surface area contributed by atoms with Crippen molar-refractivity contribution in [2.45, 2.75) is 45.8 Å². The molecular formula is C18H24N4O2. The van der Waals surface area contributed by atoms with Crippen LogP contribution in [0.3, 0.4) is 0 Å². The van der Waals surface area contributed by atoms with Crippen molar-refractivity contribution >= 4 is 5.91 Å². The lowest BCUT2D eigenvalue weighted by atomic mass is 10.1. The molecule has 2 heterocycles. The molecule has 1 aromatic heterocycles. The molecule has 128 valence electrons. The quantitative estimate of drug-likeness (QED) is 0.843. The molecule has 1 fully saturated rings. The van der Waals surface area contributed by atoms with Crippen molar-refractivity contribution in [1.29, 1.82) is 0 Å². The van der Waals surface area contributed by atoms with Gasteiger partial charge in [-0.2, -0.15) is 4.98 Å². The van der Waals surface area contributed by atoms with Gasteiger partial charge in [-0.25, -0.2) is 0 Å². The van der Waals surface area contributed by atoms with Crippen molar-refractivity contribution in [3.63, 3.8) is 0 Å². The Balaban J connectivity index is 1.71. The molecule has 0 spiro atoms. The largest absolute Gasteiger partial charge is 0.340 e. The molecule has 2 aromatic rings. The Hall–Kier alpha value is -2.21. The van der Waals surface area contributed by atoms with Gasteiger partial charge in [-0.05, 0) is 12.0 Å². The average Bonchev–Trinajstić information content (AvgIpc) is 2.94. The molecule has 6 nitrogen and oxygen atoms in total. The Bertz CT molecular complexity index is 671. The summed E-state index contributed by atoms with van der Waals surface area (Å²) >= 11 is 0. The second kappa shape index (κ2) is 7.57. The normalized spacial score (nSPS) is 19.5. The molecule has 0 unspecified atom stereocenters. The third kappa shape index (κ3) is 4.00. The van der Waals surface area contributed by atoms with Gasteiger partial charge in [-0.1, -0.05) is 42.4 Å². The third-order valence-corrected chi connectivity index (χ3v) is 4.47. The first-order valence-corrected chi connectivity index (χ1v) is 8.50. The molecule has 0 radical (unpaired) electrons. The molecule has 1 aliphatic rings. The molecule has 1 amide bonds. The second-order valence-electron chi connectivity index (χ2n) is 6.28. The number of hydrogen-bond donors (Lipinski definition) is 0. The molecule has 6 heteroatoms. The highest BCUT2D eigenvalue weighted by molar-refractivity contribution is 5.77. The zero-order valence-corrected chi connectivity index (χ0v) is 14.3. The molecule has 1 aromatic carbocycles. The van der Waals surface area contributed by atoms with Gasteiger partial charge in [0.15, 0.2) is 5.82 Å². The second-order valence-corrected chi connectivity index (χ2v) is 6.28. The lowest BCUT2D eigenvalue weighted by Gasteiger charge is -2.31. The summed E-state index contributed by atoms with van der Waals surface area (Å²) in [5.41, 5.74) is 1.17. The Kier molecular flexibility index (Phi) is 5.25. The highest BCUT2D eigenvalue weighted by Crippen LogP contribution is 2.18. The monoisotopic (exact) mass is 328 g/mol. The summed E-state index contributed by atoms with van der Waals surface area (Å²) in [4.78, 5) is 21.2. The van der Waals surface area contributed by atoms with Crippen LogP contribution in [0.4, 0.5) is 0 Å².